The molecule has 3 rings (SSSR count). The summed E-state index contributed by atoms with van der Waals surface area (Å²) in [6.45, 7) is 0.648. The third kappa shape index (κ3) is 5.72. The largest absolute Gasteiger partial charge is 0.489 e. The van der Waals surface area contributed by atoms with Crippen LogP contribution in [-0.2, 0) is 16.2 Å². The Hall–Kier alpha value is -2.38. The smallest absolute Gasteiger partial charge is 0.373 e. The van der Waals surface area contributed by atoms with Crippen molar-refractivity contribution in [1.82, 2.24) is 0 Å². The number of carbonyl (C=O) groups excluding carboxylic acids is 2. The third-order valence-corrected chi connectivity index (χ3v) is 4.18. The van der Waals surface area contributed by atoms with Crippen LogP contribution in [0, 0.1) is 0 Å². The molecular formula is C20H22O3. The molecule has 0 spiro atoms. The van der Waals surface area contributed by atoms with Crippen molar-refractivity contribution in [2.24, 2.45) is 0 Å². The van der Waals surface area contributed by atoms with Gasteiger partial charge in [-0.3, -0.25) is 0 Å². The van der Waals surface area contributed by atoms with Gasteiger partial charge in [0.15, 0.2) is 0 Å². The predicted molar refractivity (Wildman–Crippen MR) is 88.0 cm³/mol. The normalized spacial score (nSPS) is 14.3. The van der Waals surface area contributed by atoms with Crippen LogP contribution in [0.1, 0.15) is 49.1 Å². The molecule has 0 aliphatic heterocycles. The van der Waals surface area contributed by atoms with Crippen molar-refractivity contribution < 1.29 is 14.3 Å². The van der Waals surface area contributed by atoms with Crippen molar-refractivity contribution in [1.29, 1.82) is 0 Å². The molecule has 0 unspecified atom stereocenters. The van der Waals surface area contributed by atoms with E-state index in [2.05, 4.69) is 48.5 Å². The first-order valence-electron chi connectivity index (χ1n) is 8.09. The van der Waals surface area contributed by atoms with Crippen LogP contribution in [0.3, 0.4) is 0 Å². The Kier molecular flexibility index (Phi) is 7.09. The number of ether oxygens (including phenoxy) is 1. The predicted octanol–water partition coefficient (Wildman–Crippen LogP) is 4.73. The Bertz CT molecular complexity index is 610. The number of benzene rings is 2. The lowest BCUT2D eigenvalue weighted by Gasteiger charge is -2.22. The quantitative estimate of drug-likeness (QED) is 0.820. The molecule has 3 nitrogen and oxygen atoms in total. The Morgan fingerprint density at radius 2 is 1.61 bits per heavy atom. The molecule has 1 fully saturated rings. The fourth-order valence-corrected chi connectivity index (χ4v) is 3.04. The van der Waals surface area contributed by atoms with Crippen LogP contribution in [0.4, 0.5) is 0 Å². The van der Waals surface area contributed by atoms with E-state index >= 15 is 0 Å². The van der Waals surface area contributed by atoms with Crippen LogP contribution < -0.4 is 4.74 Å². The monoisotopic (exact) mass is 310 g/mol. The zero-order valence-electron chi connectivity index (χ0n) is 13.2. The molecular weight excluding hydrogens is 288 g/mol. The van der Waals surface area contributed by atoms with Crippen molar-refractivity contribution in [3.05, 3.63) is 65.7 Å². The first-order valence-corrected chi connectivity index (χ1v) is 8.09. The number of hydrogen-bond acceptors (Lipinski definition) is 3. The Morgan fingerprint density at radius 3 is 2.30 bits per heavy atom. The van der Waals surface area contributed by atoms with Crippen LogP contribution in [0.2, 0.25) is 0 Å². The van der Waals surface area contributed by atoms with Gasteiger partial charge in [-0.15, -0.1) is 0 Å². The highest BCUT2D eigenvalue weighted by atomic mass is 16.5. The number of hydrogen-bond donors (Lipinski definition) is 0. The van der Waals surface area contributed by atoms with Crippen molar-refractivity contribution in [3.63, 3.8) is 0 Å². The molecule has 3 heteroatoms. The lowest BCUT2D eigenvalue weighted by atomic mass is 9.84. The average Bonchev–Trinajstić information content (AvgIpc) is 2.63. The summed E-state index contributed by atoms with van der Waals surface area (Å²) < 4.78 is 5.92. The second-order valence-electron chi connectivity index (χ2n) is 5.77. The topological polar surface area (TPSA) is 43.4 Å². The van der Waals surface area contributed by atoms with E-state index in [1.54, 1.807) is 0 Å². The molecule has 1 saturated carbocycles. The summed E-state index contributed by atoms with van der Waals surface area (Å²) in [4.78, 5) is 16.2. The fourth-order valence-electron chi connectivity index (χ4n) is 3.04. The summed E-state index contributed by atoms with van der Waals surface area (Å²) in [5.74, 6) is 1.74. The zero-order valence-corrected chi connectivity index (χ0v) is 13.2. The molecule has 0 saturated heterocycles. The molecule has 1 aliphatic rings. The van der Waals surface area contributed by atoms with Crippen molar-refractivity contribution in [3.8, 4) is 5.75 Å². The molecule has 0 heterocycles. The average molecular weight is 310 g/mol. The van der Waals surface area contributed by atoms with Gasteiger partial charge in [0.1, 0.15) is 12.4 Å². The van der Waals surface area contributed by atoms with Gasteiger partial charge >= 0.3 is 6.15 Å². The Labute approximate surface area is 137 Å². The summed E-state index contributed by atoms with van der Waals surface area (Å²) >= 11 is 0. The van der Waals surface area contributed by atoms with Gasteiger partial charge in [0.2, 0.25) is 0 Å². The van der Waals surface area contributed by atoms with Gasteiger partial charge < -0.3 is 4.74 Å². The van der Waals surface area contributed by atoms with Crippen LogP contribution in [0.5, 0.6) is 5.75 Å². The molecule has 0 aromatic heterocycles. The van der Waals surface area contributed by atoms with Crippen molar-refractivity contribution in [2.45, 2.75) is 44.6 Å². The van der Waals surface area contributed by atoms with E-state index in [0.717, 1.165) is 11.7 Å². The van der Waals surface area contributed by atoms with Gasteiger partial charge in [-0.05, 0) is 42.0 Å². The summed E-state index contributed by atoms with van der Waals surface area (Å²) in [7, 11) is 0. The van der Waals surface area contributed by atoms with Crippen LogP contribution in [0.15, 0.2) is 54.6 Å². The molecule has 2 aromatic carbocycles. The standard InChI is InChI=1S/C19H22O.CO2/c1-3-8-16(9-4-1)15-20-19-13-7-12-18(14-19)17-10-5-2-6-11-17;2-1-3/h1,3-4,7-9,12-14,17H,2,5-6,10-11,15H2;. The lowest BCUT2D eigenvalue weighted by Crippen LogP contribution is -2.04. The summed E-state index contributed by atoms with van der Waals surface area (Å²) in [5.41, 5.74) is 2.67. The highest BCUT2D eigenvalue weighted by Crippen LogP contribution is 2.33. The maximum absolute atomic E-state index is 8.12. The minimum Gasteiger partial charge on any atom is -0.489 e. The van der Waals surface area contributed by atoms with E-state index in [4.69, 9.17) is 14.3 Å². The van der Waals surface area contributed by atoms with E-state index in [0.29, 0.717) is 6.61 Å². The third-order valence-electron chi connectivity index (χ3n) is 4.18. The van der Waals surface area contributed by atoms with Gasteiger partial charge in [0.05, 0.1) is 0 Å². The van der Waals surface area contributed by atoms with Crippen LogP contribution >= 0.6 is 0 Å². The summed E-state index contributed by atoms with van der Waals surface area (Å²) in [5, 5.41) is 0. The van der Waals surface area contributed by atoms with Crippen molar-refractivity contribution >= 4 is 6.15 Å². The second-order valence-corrected chi connectivity index (χ2v) is 5.77. The highest BCUT2D eigenvalue weighted by Gasteiger charge is 2.15. The first-order chi connectivity index (χ1) is 11.3. The molecule has 0 bridgehead atoms. The minimum atomic E-state index is 0.250. The molecule has 0 radical (unpaired) electrons. The highest BCUT2D eigenvalue weighted by molar-refractivity contribution is 5.31. The molecule has 2 aromatic rings. The van der Waals surface area contributed by atoms with E-state index in [1.165, 1.54) is 43.2 Å². The molecule has 0 atom stereocenters. The molecule has 23 heavy (non-hydrogen) atoms. The maximum atomic E-state index is 8.12. The van der Waals surface area contributed by atoms with Gasteiger partial charge in [0.25, 0.3) is 0 Å². The zero-order chi connectivity index (χ0) is 16.3. The van der Waals surface area contributed by atoms with Gasteiger partial charge in [-0.1, -0.05) is 61.7 Å². The van der Waals surface area contributed by atoms with E-state index in [9.17, 15) is 0 Å². The molecule has 1 aliphatic carbocycles. The summed E-state index contributed by atoms with van der Waals surface area (Å²) in [6, 6.07) is 19.0. The van der Waals surface area contributed by atoms with Gasteiger partial charge in [-0.25, -0.2) is 0 Å². The van der Waals surface area contributed by atoms with E-state index in [-0.39, 0.29) is 6.15 Å². The molecule has 120 valence electrons. The lowest BCUT2D eigenvalue weighted by molar-refractivity contribution is -0.191. The van der Waals surface area contributed by atoms with E-state index < -0.39 is 0 Å². The minimum absolute atomic E-state index is 0.250. The van der Waals surface area contributed by atoms with Crippen LogP contribution in [-0.4, -0.2) is 6.15 Å². The molecule has 0 N–H and O–H groups in total. The second kappa shape index (κ2) is 9.60. The Balaban J connectivity index is 0.000000595. The molecule has 0 amide bonds. The van der Waals surface area contributed by atoms with Gasteiger partial charge in [0, 0.05) is 0 Å². The van der Waals surface area contributed by atoms with Gasteiger partial charge in [-0.2, -0.15) is 9.59 Å². The summed E-state index contributed by atoms with van der Waals surface area (Å²) in [6.07, 6.45) is 7.07. The van der Waals surface area contributed by atoms with Crippen LogP contribution in [0.25, 0.3) is 0 Å². The number of rotatable bonds is 4. The maximum Gasteiger partial charge on any atom is 0.373 e. The fraction of sp³-hybridized carbons (Fsp3) is 0.350. The first kappa shape index (κ1) is 17.0. The SMILES string of the molecule is O=C=O.c1ccc(COc2cccc(C3CCCCC3)c2)cc1. The van der Waals surface area contributed by atoms with E-state index in [1.807, 2.05) is 6.07 Å². The Morgan fingerprint density at radius 1 is 0.913 bits per heavy atom. The van der Waals surface area contributed by atoms with Crippen molar-refractivity contribution in [2.75, 3.05) is 0 Å².